The average Bonchev–Trinajstić information content (AvgIpc) is 2.72. The Bertz CT molecular complexity index is 314. The Kier molecular flexibility index (Phi) is 1.92. The highest BCUT2D eigenvalue weighted by Gasteiger charge is 2.20. The summed E-state index contributed by atoms with van der Waals surface area (Å²) in [7, 11) is 0. The summed E-state index contributed by atoms with van der Waals surface area (Å²) in [4.78, 5) is 13.5. The van der Waals surface area contributed by atoms with Gasteiger partial charge in [-0.2, -0.15) is 5.10 Å². The molecule has 1 aliphatic rings. The standard InChI is InChI=1S/C8H12N4O/c9-7-5-6(10-11-7)8(13)12-3-1-2-4-12/h5H,1-4H2,(H3,9,10,11). The molecule has 1 amide bonds. The quantitative estimate of drug-likeness (QED) is 0.649. The van der Waals surface area contributed by atoms with Crippen LogP contribution in [0.5, 0.6) is 0 Å². The number of H-pyrrole nitrogens is 1. The summed E-state index contributed by atoms with van der Waals surface area (Å²) in [6, 6.07) is 1.57. The molecular weight excluding hydrogens is 168 g/mol. The molecule has 0 unspecified atom stereocenters. The van der Waals surface area contributed by atoms with Gasteiger partial charge >= 0.3 is 0 Å². The van der Waals surface area contributed by atoms with Crippen molar-refractivity contribution in [3.05, 3.63) is 11.8 Å². The predicted octanol–water partition coefficient (Wildman–Crippen LogP) is 0.228. The highest BCUT2D eigenvalue weighted by molar-refractivity contribution is 5.93. The first kappa shape index (κ1) is 8.10. The molecule has 0 radical (unpaired) electrons. The van der Waals surface area contributed by atoms with Crippen molar-refractivity contribution in [2.45, 2.75) is 12.8 Å². The molecule has 2 rings (SSSR count). The van der Waals surface area contributed by atoms with Crippen LogP contribution in [0.15, 0.2) is 6.07 Å². The molecule has 0 bridgehead atoms. The van der Waals surface area contributed by atoms with Crippen molar-refractivity contribution in [3.8, 4) is 0 Å². The third kappa shape index (κ3) is 1.49. The second-order valence-electron chi connectivity index (χ2n) is 3.21. The lowest BCUT2D eigenvalue weighted by Gasteiger charge is -2.12. The third-order valence-corrected chi connectivity index (χ3v) is 2.22. The lowest BCUT2D eigenvalue weighted by Crippen LogP contribution is -2.27. The largest absolute Gasteiger partial charge is 0.382 e. The third-order valence-electron chi connectivity index (χ3n) is 2.22. The number of nitrogens with one attached hydrogen (secondary N) is 1. The Balaban J connectivity index is 2.12. The van der Waals surface area contributed by atoms with E-state index in [1.807, 2.05) is 4.90 Å². The van der Waals surface area contributed by atoms with Crippen LogP contribution in [-0.4, -0.2) is 34.1 Å². The normalized spacial score (nSPS) is 16.5. The molecule has 2 heterocycles. The van der Waals surface area contributed by atoms with Crippen LogP contribution < -0.4 is 5.73 Å². The molecule has 0 atom stereocenters. The van der Waals surface area contributed by atoms with Crippen molar-refractivity contribution in [2.24, 2.45) is 0 Å². The Morgan fingerprint density at radius 3 is 2.77 bits per heavy atom. The number of rotatable bonds is 1. The van der Waals surface area contributed by atoms with Gasteiger partial charge in [0.05, 0.1) is 0 Å². The minimum atomic E-state index is 0.00157. The number of likely N-dealkylation sites (tertiary alicyclic amines) is 1. The van der Waals surface area contributed by atoms with E-state index < -0.39 is 0 Å². The number of nitrogens with two attached hydrogens (primary N) is 1. The smallest absolute Gasteiger partial charge is 0.271 e. The molecule has 5 heteroatoms. The zero-order valence-corrected chi connectivity index (χ0v) is 7.29. The SMILES string of the molecule is Nc1cc(C(=O)N2CCCC2)[nH]n1. The summed E-state index contributed by atoms with van der Waals surface area (Å²) >= 11 is 0. The van der Waals surface area contributed by atoms with E-state index in [1.54, 1.807) is 6.07 Å². The van der Waals surface area contributed by atoms with Crippen molar-refractivity contribution in [1.82, 2.24) is 15.1 Å². The van der Waals surface area contributed by atoms with Gasteiger partial charge in [-0.05, 0) is 12.8 Å². The highest BCUT2D eigenvalue weighted by atomic mass is 16.2. The molecule has 0 aliphatic carbocycles. The van der Waals surface area contributed by atoms with Gasteiger partial charge in [-0.15, -0.1) is 0 Å². The van der Waals surface area contributed by atoms with Crippen LogP contribution in [0.1, 0.15) is 23.3 Å². The van der Waals surface area contributed by atoms with Gasteiger partial charge in [-0.1, -0.05) is 0 Å². The molecule has 0 aromatic carbocycles. The molecule has 1 aliphatic heterocycles. The number of carbonyl (C=O) groups is 1. The number of hydrogen-bond acceptors (Lipinski definition) is 3. The van der Waals surface area contributed by atoms with Crippen molar-refractivity contribution in [1.29, 1.82) is 0 Å². The summed E-state index contributed by atoms with van der Waals surface area (Å²) in [5.41, 5.74) is 5.89. The maximum atomic E-state index is 11.7. The maximum absolute atomic E-state index is 11.7. The summed E-state index contributed by atoms with van der Waals surface area (Å²) in [5, 5.41) is 6.33. The van der Waals surface area contributed by atoms with Gasteiger partial charge in [0.25, 0.3) is 5.91 Å². The molecule has 1 fully saturated rings. The lowest BCUT2D eigenvalue weighted by atomic mass is 10.3. The Labute approximate surface area is 75.9 Å². The minimum absolute atomic E-state index is 0.00157. The Hall–Kier alpha value is -1.52. The van der Waals surface area contributed by atoms with Crippen LogP contribution in [0.2, 0.25) is 0 Å². The van der Waals surface area contributed by atoms with Crippen LogP contribution in [0.3, 0.4) is 0 Å². The van der Waals surface area contributed by atoms with E-state index in [4.69, 9.17) is 5.73 Å². The van der Waals surface area contributed by atoms with E-state index in [2.05, 4.69) is 10.2 Å². The highest BCUT2D eigenvalue weighted by Crippen LogP contribution is 2.12. The number of carbonyl (C=O) groups excluding carboxylic acids is 1. The molecule has 3 N–H and O–H groups in total. The second kappa shape index (κ2) is 3.08. The zero-order chi connectivity index (χ0) is 9.26. The van der Waals surface area contributed by atoms with E-state index in [-0.39, 0.29) is 5.91 Å². The zero-order valence-electron chi connectivity index (χ0n) is 7.29. The lowest BCUT2D eigenvalue weighted by molar-refractivity contribution is 0.0787. The predicted molar refractivity (Wildman–Crippen MR) is 48.1 cm³/mol. The summed E-state index contributed by atoms with van der Waals surface area (Å²) in [6.45, 7) is 1.69. The van der Waals surface area contributed by atoms with Gasteiger partial charge in [0.15, 0.2) is 0 Å². The number of anilines is 1. The van der Waals surface area contributed by atoms with Crippen molar-refractivity contribution < 1.29 is 4.79 Å². The summed E-state index contributed by atoms with van der Waals surface area (Å²) < 4.78 is 0. The Morgan fingerprint density at radius 1 is 1.54 bits per heavy atom. The summed E-state index contributed by atoms with van der Waals surface area (Å²) in [6.07, 6.45) is 2.19. The molecule has 0 saturated carbocycles. The summed E-state index contributed by atoms with van der Waals surface area (Å²) in [5.74, 6) is 0.365. The molecule has 1 aromatic rings. The topological polar surface area (TPSA) is 75.0 Å². The van der Waals surface area contributed by atoms with Crippen LogP contribution in [0.25, 0.3) is 0 Å². The molecule has 1 aromatic heterocycles. The van der Waals surface area contributed by atoms with Crippen LogP contribution in [-0.2, 0) is 0 Å². The van der Waals surface area contributed by atoms with Gasteiger partial charge in [0.1, 0.15) is 11.5 Å². The van der Waals surface area contributed by atoms with Gasteiger partial charge in [-0.3, -0.25) is 9.89 Å². The first-order valence-electron chi connectivity index (χ1n) is 4.37. The van der Waals surface area contributed by atoms with Crippen LogP contribution >= 0.6 is 0 Å². The van der Waals surface area contributed by atoms with Crippen LogP contribution in [0, 0.1) is 0 Å². The molecule has 5 nitrogen and oxygen atoms in total. The van der Waals surface area contributed by atoms with E-state index in [1.165, 1.54) is 0 Å². The number of amides is 1. The Morgan fingerprint density at radius 2 is 2.23 bits per heavy atom. The number of hydrogen-bond donors (Lipinski definition) is 2. The maximum Gasteiger partial charge on any atom is 0.271 e. The van der Waals surface area contributed by atoms with Crippen molar-refractivity contribution in [3.63, 3.8) is 0 Å². The molecular formula is C8H12N4O. The van der Waals surface area contributed by atoms with Crippen molar-refractivity contribution in [2.75, 3.05) is 18.8 Å². The molecule has 0 spiro atoms. The fourth-order valence-electron chi connectivity index (χ4n) is 1.54. The molecule has 13 heavy (non-hydrogen) atoms. The van der Waals surface area contributed by atoms with Gasteiger partial charge in [0.2, 0.25) is 0 Å². The monoisotopic (exact) mass is 180 g/mol. The van der Waals surface area contributed by atoms with E-state index in [9.17, 15) is 4.79 Å². The second-order valence-corrected chi connectivity index (χ2v) is 3.21. The minimum Gasteiger partial charge on any atom is -0.382 e. The first-order valence-corrected chi connectivity index (χ1v) is 4.37. The fourth-order valence-corrected chi connectivity index (χ4v) is 1.54. The number of nitrogens with zero attached hydrogens (tertiary/aromatic N) is 2. The average molecular weight is 180 g/mol. The van der Waals surface area contributed by atoms with Gasteiger partial charge < -0.3 is 10.6 Å². The van der Waals surface area contributed by atoms with E-state index in [0.29, 0.717) is 11.5 Å². The van der Waals surface area contributed by atoms with Crippen LogP contribution in [0.4, 0.5) is 5.82 Å². The van der Waals surface area contributed by atoms with E-state index >= 15 is 0 Å². The van der Waals surface area contributed by atoms with Gasteiger partial charge in [-0.25, -0.2) is 0 Å². The van der Waals surface area contributed by atoms with Gasteiger partial charge in [0, 0.05) is 19.2 Å². The molecule has 70 valence electrons. The first-order chi connectivity index (χ1) is 6.27. The number of aromatic nitrogens is 2. The van der Waals surface area contributed by atoms with Crippen molar-refractivity contribution >= 4 is 11.7 Å². The van der Waals surface area contributed by atoms with E-state index in [0.717, 1.165) is 25.9 Å². The number of nitrogen functional groups attached to an aromatic ring is 1. The number of aromatic amines is 1. The molecule has 1 saturated heterocycles. The fraction of sp³-hybridized carbons (Fsp3) is 0.500.